The second kappa shape index (κ2) is 11.2. The highest BCUT2D eigenvalue weighted by atomic mass is 35.5. The van der Waals surface area contributed by atoms with Crippen LogP contribution in [-0.2, 0) is 4.79 Å². The van der Waals surface area contributed by atoms with Gasteiger partial charge >= 0.3 is 0 Å². The number of halogens is 2. The molecule has 0 saturated carbocycles. The van der Waals surface area contributed by atoms with Gasteiger partial charge < -0.3 is 30.3 Å². The predicted molar refractivity (Wildman–Crippen MR) is 132 cm³/mol. The van der Waals surface area contributed by atoms with Gasteiger partial charge in [-0.1, -0.05) is 17.7 Å². The number of methoxy groups -OCH3 is 1. The average molecular weight is 520 g/mol. The van der Waals surface area contributed by atoms with Crippen LogP contribution in [0.4, 0.5) is 15.9 Å². The van der Waals surface area contributed by atoms with Gasteiger partial charge in [0, 0.05) is 31.0 Å². The lowest BCUT2D eigenvalue weighted by atomic mass is 10.1. The summed E-state index contributed by atoms with van der Waals surface area (Å²) in [5.74, 6) is 0.370. The fourth-order valence-electron chi connectivity index (χ4n) is 4.07. The maximum atomic E-state index is 14.5. The molecule has 1 aromatic heterocycles. The summed E-state index contributed by atoms with van der Waals surface area (Å²) in [6, 6.07) is 7.59. The smallest absolute Gasteiger partial charge is 0.237 e. The molecule has 1 fully saturated rings. The van der Waals surface area contributed by atoms with Crippen LogP contribution in [0.5, 0.6) is 11.5 Å². The number of ether oxygens (including phenoxy) is 2. The Labute approximate surface area is 212 Å². The zero-order chi connectivity index (χ0) is 25.8. The van der Waals surface area contributed by atoms with Gasteiger partial charge in [-0.05, 0) is 25.2 Å². The van der Waals surface area contributed by atoms with Crippen LogP contribution in [0.3, 0.4) is 0 Å². The molecule has 1 saturated heterocycles. The fraction of sp³-hybridized carbons (Fsp3) is 0.375. The van der Waals surface area contributed by atoms with Crippen LogP contribution >= 0.6 is 11.6 Å². The molecule has 2 heterocycles. The maximum absolute atomic E-state index is 14.5. The number of carbonyl (C=O) groups excluding carboxylic acids is 1. The molecule has 4 N–H and O–H groups in total. The highest BCUT2D eigenvalue weighted by Gasteiger charge is 2.36. The van der Waals surface area contributed by atoms with Crippen molar-refractivity contribution in [2.75, 3.05) is 39.2 Å². The highest BCUT2D eigenvalue weighted by Crippen LogP contribution is 2.37. The number of benzene rings is 2. The zero-order valence-electron chi connectivity index (χ0n) is 19.7. The van der Waals surface area contributed by atoms with Crippen molar-refractivity contribution in [3.05, 3.63) is 47.5 Å². The lowest BCUT2D eigenvalue weighted by Gasteiger charge is -2.18. The zero-order valence-corrected chi connectivity index (χ0v) is 20.5. The number of aliphatic hydroxyl groups excluding tert-OH is 2. The molecule has 12 heteroatoms. The number of likely N-dealkylation sites (N-methyl/N-ethyl adjacent to an activating group) is 1. The summed E-state index contributed by atoms with van der Waals surface area (Å²) < 4.78 is 26.2. The van der Waals surface area contributed by atoms with E-state index in [2.05, 4.69) is 20.6 Å². The van der Waals surface area contributed by atoms with E-state index >= 15 is 0 Å². The molecular formula is C24H27ClFN5O5. The van der Waals surface area contributed by atoms with Gasteiger partial charge in [-0.3, -0.25) is 9.69 Å². The van der Waals surface area contributed by atoms with Crippen molar-refractivity contribution in [3.63, 3.8) is 0 Å². The van der Waals surface area contributed by atoms with Crippen LogP contribution in [0.2, 0.25) is 5.02 Å². The van der Waals surface area contributed by atoms with Gasteiger partial charge in [-0.2, -0.15) is 0 Å². The molecule has 192 valence electrons. The number of likely N-dealkylation sites (tertiary alicyclic amines) is 1. The van der Waals surface area contributed by atoms with Gasteiger partial charge in [0.25, 0.3) is 0 Å². The molecule has 10 nitrogen and oxygen atoms in total. The normalized spacial score (nSPS) is 18.7. The molecule has 0 aliphatic carbocycles. The monoisotopic (exact) mass is 519 g/mol. The minimum absolute atomic E-state index is 0.0149. The van der Waals surface area contributed by atoms with Crippen molar-refractivity contribution in [2.45, 2.75) is 24.7 Å². The van der Waals surface area contributed by atoms with E-state index < -0.39 is 24.6 Å². The van der Waals surface area contributed by atoms with E-state index in [0.717, 1.165) is 0 Å². The van der Waals surface area contributed by atoms with Crippen molar-refractivity contribution in [3.8, 4) is 11.5 Å². The Morgan fingerprint density at radius 1 is 1.33 bits per heavy atom. The first-order valence-electron chi connectivity index (χ1n) is 11.3. The number of hydrogen-bond acceptors (Lipinski definition) is 9. The van der Waals surface area contributed by atoms with Crippen molar-refractivity contribution in [2.24, 2.45) is 0 Å². The Bertz CT molecular complexity index is 1250. The van der Waals surface area contributed by atoms with Crippen molar-refractivity contribution >= 4 is 39.9 Å². The SMILES string of the molecule is COc1cc2ncnc(Nc3cccc(Cl)c3F)c2cc1O[C@H]1C[C@H](C(=O)NC[C@@H](O)CO)N(C)C1. The molecule has 0 bridgehead atoms. The third-order valence-electron chi connectivity index (χ3n) is 5.95. The van der Waals surface area contributed by atoms with Crippen LogP contribution in [0, 0.1) is 5.82 Å². The van der Waals surface area contributed by atoms with E-state index in [4.69, 9.17) is 26.2 Å². The minimum Gasteiger partial charge on any atom is -0.493 e. The lowest BCUT2D eigenvalue weighted by molar-refractivity contribution is -0.125. The van der Waals surface area contributed by atoms with Gasteiger partial charge in [0.2, 0.25) is 5.91 Å². The Morgan fingerprint density at radius 3 is 2.89 bits per heavy atom. The number of hydrogen-bond donors (Lipinski definition) is 4. The number of amides is 1. The van der Waals surface area contributed by atoms with Gasteiger partial charge in [0.05, 0.1) is 42.1 Å². The first-order valence-corrected chi connectivity index (χ1v) is 11.7. The fourth-order valence-corrected chi connectivity index (χ4v) is 4.24. The molecule has 1 aliphatic heterocycles. The summed E-state index contributed by atoms with van der Waals surface area (Å²) in [7, 11) is 3.32. The average Bonchev–Trinajstić information content (AvgIpc) is 3.24. The number of aromatic nitrogens is 2. The van der Waals surface area contributed by atoms with Crippen LogP contribution in [0.1, 0.15) is 6.42 Å². The van der Waals surface area contributed by atoms with Crippen molar-refractivity contribution in [1.29, 1.82) is 0 Å². The topological polar surface area (TPSA) is 129 Å². The second-order valence-electron chi connectivity index (χ2n) is 8.48. The number of rotatable bonds is 9. The quantitative estimate of drug-likeness (QED) is 0.336. The number of carbonyl (C=O) groups is 1. The number of anilines is 2. The molecule has 0 radical (unpaired) electrons. The van der Waals surface area contributed by atoms with E-state index in [0.29, 0.717) is 41.2 Å². The Balaban J connectivity index is 1.56. The molecule has 4 rings (SSSR count). The third-order valence-corrected chi connectivity index (χ3v) is 6.25. The summed E-state index contributed by atoms with van der Waals surface area (Å²) in [6.07, 6.45) is 0.421. The maximum Gasteiger partial charge on any atom is 0.237 e. The first-order chi connectivity index (χ1) is 17.3. The van der Waals surface area contributed by atoms with Crippen LogP contribution in [0.25, 0.3) is 10.9 Å². The van der Waals surface area contributed by atoms with Crippen molar-refractivity contribution in [1.82, 2.24) is 20.2 Å². The standard InChI is InChI=1S/C24H27ClFN5O5/c1-31-10-14(6-19(31)24(34)27-9-13(33)11-32)36-21-7-15-18(8-20(21)35-2)28-12-29-23(15)30-17-5-3-4-16(25)22(17)26/h3-5,7-8,12-14,19,32-33H,6,9-11H2,1-2H3,(H,27,34)(H,28,29,30)/t13-,14+,19-/m1/s1. The largest absolute Gasteiger partial charge is 0.493 e. The Hall–Kier alpha value is -3.25. The molecule has 1 amide bonds. The van der Waals surface area contributed by atoms with Crippen LogP contribution in [-0.4, -0.2) is 83.1 Å². The van der Waals surface area contributed by atoms with Gasteiger partial charge in [0.15, 0.2) is 17.3 Å². The minimum atomic E-state index is -1.01. The van der Waals surface area contributed by atoms with E-state index in [-0.39, 0.29) is 29.3 Å². The summed E-state index contributed by atoms with van der Waals surface area (Å²) in [4.78, 5) is 23.0. The van der Waals surface area contributed by atoms with Gasteiger partial charge in [-0.25, -0.2) is 14.4 Å². The Morgan fingerprint density at radius 2 is 2.14 bits per heavy atom. The molecule has 0 spiro atoms. The molecule has 2 aromatic carbocycles. The van der Waals surface area contributed by atoms with E-state index in [1.54, 1.807) is 24.3 Å². The summed E-state index contributed by atoms with van der Waals surface area (Å²) in [5, 5.41) is 24.6. The number of fused-ring (bicyclic) bond motifs is 1. The second-order valence-corrected chi connectivity index (χ2v) is 8.89. The number of nitrogens with one attached hydrogen (secondary N) is 2. The molecule has 3 aromatic rings. The summed E-state index contributed by atoms with van der Waals surface area (Å²) in [6.45, 7) is 0.0113. The summed E-state index contributed by atoms with van der Waals surface area (Å²) >= 11 is 5.91. The molecule has 3 atom stereocenters. The van der Waals surface area contributed by atoms with Crippen LogP contribution in [0.15, 0.2) is 36.7 Å². The van der Waals surface area contributed by atoms with Crippen molar-refractivity contribution < 1.29 is 28.9 Å². The molecular weight excluding hydrogens is 493 g/mol. The third kappa shape index (κ3) is 5.59. The Kier molecular flexibility index (Phi) is 8.04. The molecule has 1 aliphatic rings. The van der Waals surface area contributed by atoms with Gasteiger partial charge in [0.1, 0.15) is 18.2 Å². The molecule has 0 unspecified atom stereocenters. The summed E-state index contributed by atoms with van der Waals surface area (Å²) in [5.41, 5.74) is 0.723. The first kappa shape index (κ1) is 25.8. The van der Waals surface area contributed by atoms with E-state index in [9.17, 15) is 14.3 Å². The molecule has 36 heavy (non-hydrogen) atoms. The lowest BCUT2D eigenvalue weighted by Crippen LogP contribution is -2.44. The number of nitrogens with zero attached hydrogens (tertiary/aromatic N) is 3. The highest BCUT2D eigenvalue weighted by molar-refractivity contribution is 6.31. The predicted octanol–water partition coefficient (Wildman–Crippen LogP) is 2.10. The number of aliphatic hydroxyl groups is 2. The van der Waals surface area contributed by atoms with E-state index in [1.165, 1.54) is 19.5 Å². The van der Waals surface area contributed by atoms with Gasteiger partial charge in [-0.15, -0.1) is 0 Å². The van der Waals surface area contributed by atoms with E-state index in [1.807, 2.05) is 11.9 Å². The van der Waals surface area contributed by atoms with Crippen LogP contribution < -0.4 is 20.1 Å².